The highest BCUT2D eigenvalue weighted by Crippen LogP contribution is 2.33. The lowest BCUT2D eigenvalue weighted by molar-refractivity contribution is 0.0275. The van der Waals surface area contributed by atoms with Crippen molar-refractivity contribution in [2.75, 3.05) is 20.2 Å². The molecular formula is C24H26ClN3O4. The molecule has 8 heteroatoms. The number of pyridine rings is 2. The van der Waals surface area contributed by atoms with E-state index in [0.717, 1.165) is 34.2 Å². The zero-order chi connectivity index (χ0) is 22.9. The first-order chi connectivity index (χ1) is 15.2. The Bertz CT molecular complexity index is 1150. The van der Waals surface area contributed by atoms with Crippen molar-refractivity contribution in [3.63, 3.8) is 0 Å². The number of amides is 1. The maximum absolute atomic E-state index is 12.3. The van der Waals surface area contributed by atoms with Gasteiger partial charge in [-0.1, -0.05) is 11.6 Å². The molecule has 1 saturated heterocycles. The summed E-state index contributed by atoms with van der Waals surface area (Å²) >= 11 is 6.28. The molecule has 0 saturated carbocycles. The van der Waals surface area contributed by atoms with Gasteiger partial charge in [-0.05, 0) is 56.7 Å². The molecule has 1 aromatic carbocycles. The number of halogens is 1. The minimum absolute atomic E-state index is 0.0998. The monoisotopic (exact) mass is 455 g/mol. The molecule has 3 aromatic rings. The van der Waals surface area contributed by atoms with Crippen molar-refractivity contribution in [2.24, 2.45) is 0 Å². The van der Waals surface area contributed by atoms with E-state index < -0.39 is 5.60 Å². The largest absolute Gasteiger partial charge is 0.488 e. The Morgan fingerprint density at radius 1 is 1.19 bits per heavy atom. The lowest BCUT2D eigenvalue weighted by Gasteiger charge is -2.24. The maximum atomic E-state index is 12.3. The first-order valence-corrected chi connectivity index (χ1v) is 10.8. The summed E-state index contributed by atoms with van der Waals surface area (Å²) in [6, 6.07) is 9.53. The molecule has 2 aromatic heterocycles. The zero-order valence-corrected chi connectivity index (χ0v) is 19.3. The quantitative estimate of drug-likeness (QED) is 0.528. The maximum Gasteiger partial charge on any atom is 0.410 e. The Morgan fingerprint density at radius 3 is 2.72 bits per heavy atom. The standard InChI is InChI=1S/C24H26ClN3O4/c1-24(2,3)32-23(29)28-10-8-17(14-28)31-16-5-6-21-19(12-16)18(7-9-26-21)15-11-20(25)22(30-4)27-13-15/h5-7,9,11-13,17H,8,10,14H2,1-4H3. The lowest BCUT2D eigenvalue weighted by Crippen LogP contribution is -2.36. The van der Waals surface area contributed by atoms with Gasteiger partial charge < -0.3 is 19.1 Å². The molecule has 0 spiro atoms. The summed E-state index contributed by atoms with van der Waals surface area (Å²) in [6.45, 7) is 6.68. The number of carbonyl (C=O) groups excluding carboxylic acids is 1. The molecule has 1 aliphatic heterocycles. The first-order valence-electron chi connectivity index (χ1n) is 10.5. The smallest absolute Gasteiger partial charge is 0.410 e. The number of hydrogen-bond acceptors (Lipinski definition) is 6. The Labute approximate surface area is 192 Å². The van der Waals surface area contributed by atoms with E-state index in [-0.39, 0.29) is 12.2 Å². The summed E-state index contributed by atoms with van der Waals surface area (Å²) in [5, 5.41) is 1.37. The van der Waals surface area contributed by atoms with Gasteiger partial charge in [0, 0.05) is 36.3 Å². The Hall–Kier alpha value is -3.06. The van der Waals surface area contributed by atoms with Crippen molar-refractivity contribution in [1.29, 1.82) is 0 Å². The third-order valence-electron chi connectivity index (χ3n) is 5.12. The topological polar surface area (TPSA) is 73.8 Å². The number of fused-ring (bicyclic) bond motifs is 1. The van der Waals surface area contributed by atoms with E-state index in [1.807, 2.05) is 51.1 Å². The zero-order valence-electron chi connectivity index (χ0n) is 18.6. The van der Waals surface area contributed by atoms with Gasteiger partial charge in [-0.15, -0.1) is 0 Å². The van der Waals surface area contributed by atoms with Crippen LogP contribution in [0.15, 0.2) is 42.7 Å². The van der Waals surface area contributed by atoms with Crippen LogP contribution in [0.1, 0.15) is 27.2 Å². The molecule has 7 nitrogen and oxygen atoms in total. The Kier molecular flexibility index (Phi) is 6.11. The van der Waals surface area contributed by atoms with Crippen LogP contribution in [0.25, 0.3) is 22.0 Å². The fraction of sp³-hybridized carbons (Fsp3) is 0.375. The summed E-state index contributed by atoms with van der Waals surface area (Å²) in [5.74, 6) is 1.10. The molecule has 0 N–H and O–H groups in total. The highest BCUT2D eigenvalue weighted by atomic mass is 35.5. The molecule has 1 unspecified atom stereocenters. The molecule has 1 aliphatic rings. The first kappa shape index (κ1) is 22.1. The van der Waals surface area contributed by atoms with Crippen molar-refractivity contribution in [1.82, 2.24) is 14.9 Å². The molecule has 1 fully saturated rings. The van der Waals surface area contributed by atoms with E-state index in [1.165, 1.54) is 7.11 Å². The average Bonchev–Trinajstić information content (AvgIpc) is 3.21. The SMILES string of the molecule is COc1ncc(-c2ccnc3ccc(OC4CCN(C(=O)OC(C)(C)C)C4)cc23)cc1Cl. The van der Waals surface area contributed by atoms with Crippen LogP contribution in [0, 0.1) is 0 Å². The number of likely N-dealkylation sites (tertiary alicyclic amines) is 1. The van der Waals surface area contributed by atoms with Crippen molar-refractivity contribution in [3.8, 4) is 22.8 Å². The number of hydrogen-bond donors (Lipinski definition) is 0. The summed E-state index contributed by atoms with van der Waals surface area (Å²) in [5.41, 5.74) is 2.12. The van der Waals surface area contributed by atoms with Crippen molar-refractivity contribution in [2.45, 2.75) is 38.9 Å². The number of ether oxygens (including phenoxy) is 3. The van der Waals surface area contributed by atoms with Crippen molar-refractivity contribution in [3.05, 3.63) is 47.7 Å². The molecule has 1 atom stereocenters. The van der Waals surface area contributed by atoms with Gasteiger partial charge in [0.2, 0.25) is 5.88 Å². The van der Waals surface area contributed by atoms with Crippen LogP contribution >= 0.6 is 11.6 Å². The molecule has 168 valence electrons. The van der Waals surface area contributed by atoms with Gasteiger partial charge in [-0.3, -0.25) is 4.98 Å². The van der Waals surface area contributed by atoms with Crippen molar-refractivity contribution < 1.29 is 19.0 Å². The molecule has 32 heavy (non-hydrogen) atoms. The average molecular weight is 456 g/mol. The van der Waals surface area contributed by atoms with E-state index in [4.69, 9.17) is 25.8 Å². The van der Waals surface area contributed by atoms with Gasteiger partial charge in [0.05, 0.1) is 19.2 Å². The fourth-order valence-corrected chi connectivity index (χ4v) is 3.93. The minimum Gasteiger partial charge on any atom is -0.488 e. The van der Waals surface area contributed by atoms with E-state index in [2.05, 4.69) is 9.97 Å². The van der Waals surface area contributed by atoms with Crippen molar-refractivity contribution >= 4 is 28.6 Å². The predicted octanol–water partition coefficient (Wildman–Crippen LogP) is 5.35. The van der Waals surface area contributed by atoms with Gasteiger partial charge in [0.1, 0.15) is 22.5 Å². The summed E-state index contributed by atoms with van der Waals surface area (Å²) < 4.78 is 16.8. The Morgan fingerprint density at radius 2 is 2.00 bits per heavy atom. The molecule has 3 heterocycles. The third kappa shape index (κ3) is 4.88. The van der Waals surface area contributed by atoms with Gasteiger partial charge in [-0.2, -0.15) is 0 Å². The highest BCUT2D eigenvalue weighted by molar-refractivity contribution is 6.32. The van der Waals surface area contributed by atoms with Gasteiger partial charge in [-0.25, -0.2) is 9.78 Å². The lowest BCUT2D eigenvalue weighted by atomic mass is 10.0. The van der Waals surface area contributed by atoms with Crippen LogP contribution in [0.3, 0.4) is 0 Å². The fourth-order valence-electron chi connectivity index (χ4n) is 3.68. The third-order valence-corrected chi connectivity index (χ3v) is 5.40. The predicted molar refractivity (Wildman–Crippen MR) is 123 cm³/mol. The van der Waals surface area contributed by atoms with Gasteiger partial charge in [0.15, 0.2) is 0 Å². The highest BCUT2D eigenvalue weighted by Gasteiger charge is 2.31. The number of nitrogens with zero attached hydrogens (tertiary/aromatic N) is 3. The molecule has 4 rings (SSSR count). The number of rotatable bonds is 4. The number of aromatic nitrogens is 2. The Balaban J connectivity index is 1.55. The molecule has 0 bridgehead atoms. The summed E-state index contributed by atoms with van der Waals surface area (Å²) in [4.78, 5) is 22.8. The second-order valence-corrected chi connectivity index (χ2v) is 9.11. The molecule has 1 amide bonds. The van der Waals surface area contributed by atoms with Crippen LogP contribution < -0.4 is 9.47 Å². The summed E-state index contributed by atoms with van der Waals surface area (Å²) in [6.07, 6.45) is 3.82. The number of benzene rings is 1. The van der Waals surface area contributed by atoms with E-state index in [9.17, 15) is 4.79 Å². The van der Waals surface area contributed by atoms with E-state index in [0.29, 0.717) is 24.0 Å². The summed E-state index contributed by atoms with van der Waals surface area (Å²) in [7, 11) is 1.53. The van der Waals surface area contributed by atoms with E-state index >= 15 is 0 Å². The molecule has 0 radical (unpaired) electrons. The van der Waals surface area contributed by atoms with Crippen LogP contribution in [0.2, 0.25) is 5.02 Å². The normalized spacial score (nSPS) is 16.3. The molecular weight excluding hydrogens is 430 g/mol. The number of methoxy groups -OCH3 is 1. The van der Waals surface area contributed by atoms with Crippen LogP contribution in [-0.4, -0.2) is 52.9 Å². The second kappa shape index (κ2) is 8.82. The number of carbonyl (C=O) groups is 1. The van der Waals surface area contributed by atoms with Crippen LogP contribution in [0.5, 0.6) is 11.6 Å². The van der Waals surface area contributed by atoms with E-state index in [1.54, 1.807) is 17.3 Å². The van der Waals surface area contributed by atoms with Gasteiger partial charge >= 0.3 is 6.09 Å². The van der Waals surface area contributed by atoms with Crippen LogP contribution in [0.4, 0.5) is 4.79 Å². The minimum atomic E-state index is -0.517. The van der Waals surface area contributed by atoms with Gasteiger partial charge in [0.25, 0.3) is 0 Å². The second-order valence-electron chi connectivity index (χ2n) is 8.71. The van der Waals surface area contributed by atoms with Crippen LogP contribution in [-0.2, 0) is 4.74 Å². The molecule has 0 aliphatic carbocycles.